The molecule has 0 radical (unpaired) electrons. The average molecular weight is 489 g/mol. The standard InChI is InChI=1S/C20H15BrFN5O2S/c1-2-7-30-19-24-17(28)16-12-8-10(21)3-5-14(12)25-20(27(16)26-19)13-9-11(22)4-6-15(13)23-18(20)29/h3-6,8-9H,2,7H2,1H3,(H2,23,24,26,28,29)/p+1/t20-/m1/s1. The van der Waals surface area contributed by atoms with E-state index in [1.165, 1.54) is 34.6 Å². The first-order chi connectivity index (χ1) is 14.4. The van der Waals surface area contributed by atoms with Crippen molar-refractivity contribution < 1.29 is 13.9 Å². The maximum Gasteiger partial charge on any atom is 0.374 e. The van der Waals surface area contributed by atoms with Crippen LogP contribution in [0.15, 0.2) is 50.8 Å². The number of carbonyl (C=O) groups excluding carboxylic acids is 1. The molecule has 1 amide bonds. The highest BCUT2D eigenvalue weighted by Gasteiger charge is 2.62. The molecule has 0 saturated carbocycles. The second-order valence-electron chi connectivity index (χ2n) is 7.04. The van der Waals surface area contributed by atoms with E-state index in [2.05, 4.69) is 36.6 Å². The van der Waals surface area contributed by atoms with Crippen LogP contribution in [0.5, 0.6) is 0 Å². The van der Waals surface area contributed by atoms with Gasteiger partial charge in [-0.25, -0.2) is 4.39 Å². The van der Waals surface area contributed by atoms with E-state index in [0.717, 1.165) is 16.6 Å². The predicted octanol–water partition coefficient (Wildman–Crippen LogP) is 3.21. The first-order valence-electron chi connectivity index (χ1n) is 9.33. The lowest BCUT2D eigenvalue weighted by Gasteiger charge is -2.28. The lowest BCUT2D eigenvalue weighted by Crippen LogP contribution is -2.71. The molecule has 2 aliphatic rings. The number of thioether (sulfide) groups is 1. The number of hydrogen-bond acceptors (Lipinski definition) is 5. The van der Waals surface area contributed by atoms with Crippen LogP contribution in [0.2, 0.25) is 0 Å². The molecule has 1 aromatic heterocycles. The van der Waals surface area contributed by atoms with Crippen LogP contribution in [-0.2, 0) is 10.5 Å². The van der Waals surface area contributed by atoms with Gasteiger partial charge >= 0.3 is 22.8 Å². The smallest absolute Gasteiger partial charge is 0.317 e. The monoisotopic (exact) mass is 488 g/mol. The summed E-state index contributed by atoms with van der Waals surface area (Å²) < 4.78 is 16.4. The summed E-state index contributed by atoms with van der Waals surface area (Å²) >= 11 is 4.82. The molecule has 2 aliphatic heterocycles. The van der Waals surface area contributed by atoms with Crippen LogP contribution >= 0.6 is 27.7 Å². The lowest BCUT2D eigenvalue weighted by molar-refractivity contribution is -0.781. The van der Waals surface area contributed by atoms with Gasteiger partial charge in [0.2, 0.25) is 5.16 Å². The Labute approximate surface area is 183 Å². The van der Waals surface area contributed by atoms with Crippen molar-refractivity contribution in [2.75, 3.05) is 16.4 Å². The SMILES string of the molecule is CCCSc1n[n+]2c(c(=O)[nH]1)-c1cc(Br)ccc1N[C@@]21C(=O)Nc2ccc(F)cc21. The van der Waals surface area contributed by atoms with E-state index in [1.54, 1.807) is 12.1 Å². The minimum absolute atomic E-state index is 0.221. The summed E-state index contributed by atoms with van der Waals surface area (Å²) in [6.07, 6.45) is 0.893. The molecular formula is C20H16BrFN5O2S+. The maximum atomic E-state index is 14.2. The molecule has 2 aromatic carbocycles. The van der Waals surface area contributed by atoms with Gasteiger partial charge in [-0.15, -0.1) is 0 Å². The molecule has 0 saturated heterocycles. The molecule has 0 fully saturated rings. The Morgan fingerprint density at radius 1 is 1.20 bits per heavy atom. The number of anilines is 2. The number of aromatic nitrogens is 3. The van der Waals surface area contributed by atoms with Crippen molar-refractivity contribution >= 4 is 45.0 Å². The molecule has 0 unspecified atom stereocenters. The maximum absolute atomic E-state index is 14.2. The third-order valence-electron chi connectivity index (χ3n) is 5.10. The number of benzene rings is 2. The van der Waals surface area contributed by atoms with Crippen molar-refractivity contribution in [2.24, 2.45) is 0 Å². The number of H-pyrrole nitrogens is 1. The van der Waals surface area contributed by atoms with Crippen LogP contribution in [0.25, 0.3) is 11.3 Å². The topological polar surface area (TPSA) is 90.8 Å². The summed E-state index contributed by atoms with van der Waals surface area (Å²) in [5.74, 6) is -0.171. The Kier molecular flexibility index (Phi) is 4.44. The van der Waals surface area contributed by atoms with Crippen molar-refractivity contribution in [2.45, 2.75) is 24.2 Å². The number of nitrogens with one attached hydrogen (secondary N) is 3. The molecule has 30 heavy (non-hydrogen) atoms. The lowest BCUT2D eigenvalue weighted by atomic mass is 9.95. The highest BCUT2D eigenvalue weighted by atomic mass is 79.9. The quantitative estimate of drug-likeness (QED) is 0.389. The summed E-state index contributed by atoms with van der Waals surface area (Å²) in [7, 11) is 0. The zero-order valence-electron chi connectivity index (χ0n) is 15.8. The first-order valence-corrected chi connectivity index (χ1v) is 11.1. The van der Waals surface area contributed by atoms with Gasteiger partial charge in [0, 0.05) is 15.3 Å². The van der Waals surface area contributed by atoms with Gasteiger partial charge < -0.3 is 10.6 Å². The van der Waals surface area contributed by atoms with Crippen molar-refractivity contribution in [1.82, 2.24) is 10.1 Å². The Hall–Kier alpha value is -2.72. The fraction of sp³-hybridized carbons (Fsp3) is 0.200. The minimum atomic E-state index is -1.58. The molecule has 1 atom stereocenters. The fourth-order valence-electron chi connectivity index (χ4n) is 3.82. The van der Waals surface area contributed by atoms with Gasteiger partial charge in [0.05, 0.1) is 22.5 Å². The molecule has 10 heteroatoms. The molecule has 3 aromatic rings. The summed E-state index contributed by atoms with van der Waals surface area (Å²) in [5, 5.41) is 11.0. The third-order valence-corrected chi connectivity index (χ3v) is 6.66. The van der Waals surface area contributed by atoms with Gasteiger partial charge in [-0.05, 0) is 47.5 Å². The normalized spacial score (nSPS) is 18.4. The molecule has 7 nitrogen and oxygen atoms in total. The van der Waals surface area contributed by atoms with Crippen molar-refractivity contribution in [3.63, 3.8) is 0 Å². The number of amides is 1. The second-order valence-corrected chi connectivity index (χ2v) is 9.04. The fourth-order valence-corrected chi connectivity index (χ4v) is 4.89. The number of nitrogens with zero attached hydrogens (tertiary/aromatic N) is 2. The van der Waals surface area contributed by atoms with Crippen LogP contribution in [0.1, 0.15) is 18.9 Å². The van der Waals surface area contributed by atoms with Gasteiger partial charge in [-0.1, -0.05) is 34.6 Å². The van der Waals surface area contributed by atoms with Gasteiger partial charge in [0.1, 0.15) is 5.82 Å². The van der Waals surface area contributed by atoms with E-state index in [-0.39, 0.29) is 11.3 Å². The van der Waals surface area contributed by atoms with E-state index in [1.807, 2.05) is 13.0 Å². The highest BCUT2D eigenvalue weighted by molar-refractivity contribution is 9.10. The Balaban J connectivity index is 1.86. The van der Waals surface area contributed by atoms with Gasteiger partial charge in [0.15, 0.2) is 0 Å². The number of carbonyl (C=O) groups is 1. The summed E-state index contributed by atoms with van der Waals surface area (Å²) in [4.78, 5) is 29.3. The van der Waals surface area contributed by atoms with E-state index < -0.39 is 17.4 Å². The molecule has 3 heterocycles. The number of hydrogen-bond donors (Lipinski definition) is 3. The van der Waals surface area contributed by atoms with Gasteiger partial charge in [-0.3, -0.25) is 14.6 Å². The zero-order chi connectivity index (χ0) is 21.0. The second kappa shape index (κ2) is 6.92. The number of rotatable bonds is 3. The van der Waals surface area contributed by atoms with E-state index >= 15 is 0 Å². The first kappa shape index (κ1) is 19.3. The van der Waals surface area contributed by atoms with Crippen molar-refractivity contribution in [3.05, 3.63) is 62.6 Å². The third kappa shape index (κ3) is 2.70. The Bertz CT molecular complexity index is 1280. The van der Waals surface area contributed by atoms with Crippen LogP contribution < -0.4 is 20.9 Å². The molecule has 0 bridgehead atoms. The molecule has 152 valence electrons. The van der Waals surface area contributed by atoms with Gasteiger partial charge in [-0.2, -0.15) is 0 Å². The van der Waals surface area contributed by atoms with Crippen LogP contribution in [0, 0.1) is 5.82 Å². The van der Waals surface area contributed by atoms with Crippen LogP contribution in [0.3, 0.4) is 0 Å². The zero-order valence-corrected chi connectivity index (χ0v) is 18.2. The van der Waals surface area contributed by atoms with E-state index in [9.17, 15) is 14.0 Å². The number of aromatic amines is 1. The van der Waals surface area contributed by atoms with Crippen molar-refractivity contribution in [3.8, 4) is 11.3 Å². The van der Waals surface area contributed by atoms with Crippen LogP contribution in [-0.4, -0.2) is 21.7 Å². The Morgan fingerprint density at radius 3 is 2.80 bits per heavy atom. The number of fused-ring (bicyclic) bond motifs is 6. The molecule has 3 N–H and O–H groups in total. The predicted molar refractivity (Wildman–Crippen MR) is 115 cm³/mol. The molecular weight excluding hydrogens is 473 g/mol. The summed E-state index contributed by atoms with van der Waals surface area (Å²) in [5.41, 5.74) is 0.276. The van der Waals surface area contributed by atoms with E-state index in [0.29, 0.717) is 27.7 Å². The number of halogens is 2. The van der Waals surface area contributed by atoms with Crippen molar-refractivity contribution in [1.29, 1.82) is 0 Å². The highest BCUT2D eigenvalue weighted by Crippen LogP contribution is 2.42. The summed E-state index contributed by atoms with van der Waals surface area (Å²) in [6.45, 7) is 2.02. The van der Waals surface area contributed by atoms with Crippen LogP contribution in [0.4, 0.5) is 15.8 Å². The largest absolute Gasteiger partial charge is 0.374 e. The molecule has 1 spiro atoms. The average Bonchev–Trinajstić information content (AvgIpc) is 2.98. The molecule has 5 rings (SSSR count). The molecule has 0 aliphatic carbocycles. The Morgan fingerprint density at radius 2 is 2.00 bits per heavy atom. The van der Waals surface area contributed by atoms with E-state index in [4.69, 9.17) is 0 Å². The minimum Gasteiger partial charge on any atom is -0.317 e. The van der Waals surface area contributed by atoms with Gasteiger partial charge in [0.25, 0.3) is 0 Å². The summed E-state index contributed by atoms with van der Waals surface area (Å²) in [6, 6.07) is 9.45.